The predicted molar refractivity (Wildman–Crippen MR) is 117 cm³/mol. The quantitative estimate of drug-likeness (QED) is 0.833. The van der Waals surface area contributed by atoms with Crippen LogP contribution in [0.25, 0.3) is 0 Å². The Morgan fingerprint density at radius 2 is 1.79 bits per heavy atom. The SMILES string of the molecule is Cc1ccccc1CN1CCC(Nc2ncccc2C(=O)N2CCCCC2)CC1. The molecule has 0 atom stereocenters. The van der Waals surface area contributed by atoms with Crippen LogP contribution in [0.2, 0.25) is 0 Å². The Bertz CT molecular complexity index is 823. The van der Waals surface area contributed by atoms with E-state index in [4.69, 9.17) is 0 Å². The number of aryl methyl sites for hydroxylation is 1. The molecule has 2 aliphatic heterocycles. The second-order valence-corrected chi connectivity index (χ2v) is 8.37. The van der Waals surface area contributed by atoms with Crippen molar-refractivity contribution < 1.29 is 4.79 Å². The Labute approximate surface area is 174 Å². The van der Waals surface area contributed by atoms with Crippen LogP contribution in [0, 0.1) is 6.92 Å². The number of nitrogens with one attached hydrogen (secondary N) is 1. The van der Waals surface area contributed by atoms with Crippen LogP contribution in [0.15, 0.2) is 42.6 Å². The summed E-state index contributed by atoms with van der Waals surface area (Å²) in [6.45, 7) is 7.06. The van der Waals surface area contributed by atoms with Crippen molar-refractivity contribution in [2.75, 3.05) is 31.5 Å². The van der Waals surface area contributed by atoms with E-state index in [-0.39, 0.29) is 5.91 Å². The molecule has 2 fully saturated rings. The topological polar surface area (TPSA) is 48.5 Å². The number of hydrogen-bond acceptors (Lipinski definition) is 4. The lowest BCUT2D eigenvalue weighted by molar-refractivity contribution is 0.0725. The first kappa shape index (κ1) is 19.9. The van der Waals surface area contributed by atoms with Gasteiger partial charge in [0.2, 0.25) is 0 Å². The maximum absolute atomic E-state index is 13.0. The monoisotopic (exact) mass is 392 g/mol. The van der Waals surface area contributed by atoms with E-state index in [1.165, 1.54) is 17.5 Å². The van der Waals surface area contributed by atoms with Crippen LogP contribution in [0.5, 0.6) is 0 Å². The molecule has 0 aliphatic carbocycles. The zero-order valence-electron chi connectivity index (χ0n) is 17.4. The van der Waals surface area contributed by atoms with Crippen LogP contribution in [0.1, 0.15) is 53.6 Å². The first-order valence-corrected chi connectivity index (χ1v) is 11.0. The van der Waals surface area contributed by atoms with Gasteiger partial charge in [-0.1, -0.05) is 24.3 Å². The number of carbonyl (C=O) groups excluding carboxylic acids is 1. The molecule has 0 spiro atoms. The highest BCUT2D eigenvalue weighted by Gasteiger charge is 2.24. The van der Waals surface area contributed by atoms with Crippen molar-refractivity contribution in [1.82, 2.24) is 14.8 Å². The molecule has 0 bridgehead atoms. The minimum absolute atomic E-state index is 0.122. The number of anilines is 1. The lowest BCUT2D eigenvalue weighted by Gasteiger charge is -2.33. The highest BCUT2D eigenvalue weighted by molar-refractivity contribution is 5.98. The number of carbonyl (C=O) groups is 1. The van der Waals surface area contributed by atoms with Gasteiger partial charge in [0.05, 0.1) is 5.56 Å². The molecule has 1 aromatic heterocycles. The molecule has 0 radical (unpaired) electrons. The molecule has 1 N–H and O–H groups in total. The van der Waals surface area contributed by atoms with Crippen molar-refractivity contribution in [2.24, 2.45) is 0 Å². The smallest absolute Gasteiger partial charge is 0.257 e. The molecule has 5 heteroatoms. The van der Waals surface area contributed by atoms with Crippen molar-refractivity contribution >= 4 is 11.7 Å². The lowest BCUT2D eigenvalue weighted by Crippen LogP contribution is -2.40. The summed E-state index contributed by atoms with van der Waals surface area (Å²) in [6.07, 6.45) is 7.35. The average Bonchev–Trinajstić information content (AvgIpc) is 2.77. The minimum atomic E-state index is 0.122. The van der Waals surface area contributed by atoms with Crippen LogP contribution < -0.4 is 5.32 Å². The van der Waals surface area contributed by atoms with Gasteiger partial charge >= 0.3 is 0 Å². The van der Waals surface area contributed by atoms with Crippen LogP contribution in [0.3, 0.4) is 0 Å². The van der Waals surface area contributed by atoms with E-state index in [9.17, 15) is 4.79 Å². The van der Waals surface area contributed by atoms with Crippen molar-refractivity contribution in [3.05, 3.63) is 59.3 Å². The Morgan fingerprint density at radius 3 is 2.55 bits per heavy atom. The number of piperidine rings is 2. The fourth-order valence-corrected chi connectivity index (χ4v) is 4.42. The van der Waals surface area contributed by atoms with E-state index < -0.39 is 0 Å². The zero-order chi connectivity index (χ0) is 20.1. The van der Waals surface area contributed by atoms with Crippen molar-refractivity contribution in [3.63, 3.8) is 0 Å². The zero-order valence-corrected chi connectivity index (χ0v) is 17.4. The molecule has 3 heterocycles. The van der Waals surface area contributed by atoms with Crippen molar-refractivity contribution in [3.8, 4) is 0 Å². The number of likely N-dealkylation sites (tertiary alicyclic amines) is 2. The molecule has 5 nitrogen and oxygen atoms in total. The summed E-state index contributed by atoms with van der Waals surface area (Å²) in [5, 5.41) is 3.58. The van der Waals surface area contributed by atoms with Gasteiger partial charge in [0, 0.05) is 45.0 Å². The van der Waals surface area contributed by atoms with Gasteiger partial charge in [0.25, 0.3) is 5.91 Å². The fraction of sp³-hybridized carbons (Fsp3) is 0.500. The van der Waals surface area contributed by atoms with E-state index in [1.807, 2.05) is 17.0 Å². The number of nitrogens with zero attached hydrogens (tertiary/aromatic N) is 3. The molecule has 2 saturated heterocycles. The van der Waals surface area contributed by atoms with Gasteiger partial charge < -0.3 is 10.2 Å². The number of rotatable bonds is 5. The standard InChI is InChI=1S/C24H32N4O/c1-19-8-3-4-9-20(19)18-27-16-11-21(12-17-27)26-23-22(10-7-13-25-23)24(29)28-14-5-2-6-15-28/h3-4,7-10,13,21H,2,5-6,11-12,14-18H2,1H3,(H,25,26). The molecular weight excluding hydrogens is 360 g/mol. The summed E-state index contributed by atoms with van der Waals surface area (Å²) in [5.74, 6) is 0.873. The third kappa shape index (κ3) is 4.96. The predicted octanol–water partition coefficient (Wildman–Crippen LogP) is 4.09. The van der Waals surface area contributed by atoms with Gasteiger partial charge in [0.15, 0.2) is 0 Å². The molecule has 0 unspecified atom stereocenters. The van der Waals surface area contributed by atoms with Crippen LogP contribution in [0.4, 0.5) is 5.82 Å². The highest BCUT2D eigenvalue weighted by Crippen LogP contribution is 2.22. The molecule has 0 saturated carbocycles. The van der Waals surface area contributed by atoms with Gasteiger partial charge in [-0.25, -0.2) is 4.98 Å². The van der Waals surface area contributed by atoms with Gasteiger partial charge in [-0.2, -0.15) is 0 Å². The second kappa shape index (κ2) is 9.40. The van der Waals surface area contributed by atoms with Gasteiger partial charge in [0.1, 0.15) is 5.82 Å². The summed E-state index contributed by atoms with van der Waals surface area (Å²) < 4.78 is 0. The van der Waals surface area contributed by atoms with E-state index in [0.717, 1.165) is 69.8 Å². The number of aromatic nitrogens is 1. The molecule has 154 valence electrons. The molecular formula is C24H32N4O. The minimum Gasteiger partial charge on any atom is -0.367 e. The molecule has 29 heavy (non-hydrogen) atoms. The lowest BCUT2D eigenvalue weighted by atomic mass is 10.0. The number of pyridine rings is 1. The summed E-state index contributed by atoms with van der Waals surface area (Å²) >= 11 is 0. The van der Waals surface area contributed by atoms with Crippen LogP contribution >= 0.6 is 0 Å². The van der Waals surface area contributed by atoms with Gasteiger partial charge in [-0.3, -0.25) is 9.69 Å². The Balaban J connectivity index is 1.35. The highest BCUT2D eigenvalue weighted by atomic mass is 16.2. The second-order valence-electron chi connectivity index (χ2n) is 8.37. The van der Waals surface area contributed by atoms with E-state index in [1.54, 1.807) is 6.20 Å². The molecule has 1 aromatic carbocycles. The third-order valence-electron chi connectivity index (χ3n) is 6.27. The Kier molecular flexibility index (Phi) is 6.45. The molecule has 1 amide bonds. The van der Waals surface area contributed by atoms with Crippen molar-refractivity contribution in [2.45, 2.75) is 51.6 Å². The fourth-order valence-electron chi connectivity index (χ4n) is 4.42. The molecule has 2 aromatic rings. The van der Waals surface area contributed by atoms with E-state index >= 15 is 0 Å². The largest absolute Gasteiger partial charge is 0.367 e. The number of benzene rings is 1. The first-order chi connectivity index (χ1) is 14.2. The average molecular weight is 393 g/mol. The summed E-state index contributed by atoms with van der Waals surface area (Å²) in [7, 11) is 0. The maximum Gasteiger partial charge on any atom is 0.257 e. The van der Waals surface area contributed by atoms with E-state index in [2.05, 4.69) is 46.4 Å². The van der Waals surface area contributed by atoms with Crippen molar-refractivity contribution in [1.29, 1.82) is 0 Å². The summed E-state index contributed by atoms with van der Waals surface area (Å²) in [5.41, 5.74) is 3.50. The van der Waals surface area contributed by atoms with Crippen LogP contribution in [-0.4, -0.2) is 52.9 Å². The van der Waals surface area contributed by atoms with Crippen LogP contribution in [-0.2, 0) is 6.54 Å². The third-order valence-corrected chi connectivity index (χ3v) is 6.27. The number of hydrogen-bond donors (Lipinski definition) is 1. The Hall–Kier alpha value is -2.40. The number of amides is 1. The van der Waals surface area contributed by atoms with E-state index in [0.29, 0.717) is 6.04 Å². The summed E-state index contributed by atoms with van der Waals surface area (Å²) in [4.78, 5) is 22.0. The first-order valence-electron chi connectivity index (χ1n) is 11.0. The molecule has 4 rings (SSSR count). The van der Waals surface area contributed by atoms with Gasteiger partial charge in [-0.15, -0.1) is 0 Å². The Morgan fingerprint density at radius 1 is 1.03 bits per heavy atom. The maximum atomic E-state index is 13.0. The molecule has 2 aliphatic rings. The van der Waals surface area contributed by atoms with Gasteiger partial charge in [-0.05, 0) is 62.3 Å². The summed E-state index contributed by atoms with van der Waals surface area (Å²) in [6, 6.07) is 12.8. The normalized spacial score (nSPS) is 18.6.